The van der Waals surface area contributed by atoms with Crippen molar-refractivity contribution in [3.8, 4) is 0 Å². The maximum absolute atomic E-state index is 12.5. The predicted octanol–water partition coefficient (Wildman–Crippen LogP) is 24.7. The first-order chi connectivity index (χ1) is 41.0. The van der Waals surface area contributed by atoms with E-state index in [2.05, 4.69) is 55.6 Å². The highest BCUT2D eigenvalue weighted by atomic mass is 16.5. The number of allylic oxidation sites excluding steroid dienone is 6. The number of rotatable bonds is 71. The van der Waals surface area contributed by atoms with E-state index in [0.29, 0.717) is 25.9 Å². The number of carbonyl (C=O) groups is 2. The summed E-state index contributed by atoms with van der Waals surface area (Å²) in [5.74, 6) is -0.0218. The molecule has 1 amide bonds. The zero-order valence-electron chi connectivity index (χ0n) is 56.2. The van der Waals surface area contributed by atoms with Crippen molar-refractivity contribution in [2.75, 3.05) is 13.2 Å². The third-order valence-electron chi connectivity index (χ3n) is 17.7. The van der Waals surface area contributed by atoms with Gasteiger partial charge >= 0.3 is 5.97 Å². The number of aliphatic hydroxyl groups excluding tert-OH is 2. The molecule has 0 aromatic carbocycles. The van der Waals surface area contributed by atoms with Gasteiger partial charge in [0.2, 0.25) is 5.91 Å². The van der Waals surface area contributed by atoms with Crippen LogP contribution in [0.5, 0.6) is 0 Å². The zero-order chi connectivity index (χ0) is 59.9. The van der Waals surface area contributed by atoms with Gasteiger partial charge in [0, 0.05) is 12.8 Å². The smallest absolute Gasteiger partial charge is 0.305 e. The fourth-order valence-corrected chi connectivity index (χ4v) is 11.9. The van der Waals surface area contributed by atoms with Gasteiger partial charge in [-0.1, -0.05) is 365 Å². The molecule has 0 aromatic heterocycles. The van der Waals surface area contributed by atoms with Crippen molar-refractivity contribution < 1.29 is 24.5 Å². The van der Waals surface area contributed by atoms with Crippen molar-refractivity contribution >= 4 is 11.9 Å². The summed E-state index contributed by atoms with van der Waals surface area (Å²) in [6, 6.07) is -0.539. The SMILES string of the molecule is CCCC/C=C\C/C=C\CCCCCCCC(=O)OCCCCCCCCCCCCCCCC/C=C\CCCCCCCCCCCCCCCCCCCC(=O)NC(CO)C(O)CCCCCCCCCCCCCCCCCCC. The second kappa shape index (κ2) is 72.6. The Hall–Kier alpha value is -1.92. The number of nitrogens with one attached hydrogen (secondary N) is 1. The van der Waals surface area contributed by atoms with Gasteiger partial charge in [-0.15, -0.1) is 0 Å². The number of unbranched alkanes of at least 4 members (excludes halogenated alkanes) is 54. The number of hydrogen-bond donors (Lipinski definition) is 3. The van der Waals surface area contributed by atoms with Gasteiger partial charge in [0.1, 0.15) is 0 Å². The third-order valence-corrected chi connectivity index (χ3v) is 17.7. The molecule has 0 spiro atoms. The van der Waals surface area contributed by atoms with Gasteiger partial charge in [-0.3, -0.25) is 9.59 Å². The third kappa shape index (κ3) is 69.1. The molecule has 490 valence electrons. The quantitative estimate of drug-likeness (QED) is 0.0320. The largest absolute Gasteiger partial charge is 0.466 e. The van der Waals surface area contributed by atoms with E-state index in [-0.39, 0.29) is 18.5 Å². The number of carbonyl (C=O) groups excluding carboxylic acids is 2. The number of esters is 1. The standard InChI is InChI=1S/C77H147NO5/c1-3-5-7-9-11-13-15-17-19-39-42-45-49-53-57-61-65-69-75(80)74(73-79)78-76(81)70-66-62-58-54-50-46-43-40-37-35-33-31-29-27-25-23-21-20-22-24-26-28-30-32-34-36-38-41-44-48-52-56-60-64-68-72-83-77(82)71-67-63-59-55-51-47-18-16-14-12-10-8-6-4-2/h10,12,16,18,22,24,74-75,79-80H,3-9,11,13-15,17,19-21,23,25-73H2,1-2H3,(H,78,81)/b12-10-,18-16-,24-22-. The maximum atomic E-state index is 12.5. The van der Waals surface area contributed by atoms with Crippen LogP contribution >= 0.6 is 0 Å². The molecule has 0 rings (SSSR count). The van der Waals surface area contributed by atoms with Crippen LogP contribution in [0, 0.1) is 0 Å². The van der Waals surface area contributed by atoms with Crippen molar-refractivity contribution in [3.05, 3.63) is 36.5 Å². The van der Waals surface area contributed by atoms with Gasteiger partial charge in [0.05, 0.1) is 25.4 Å². The van der Waals surface area contributed by atoms with Gasteiger partial charge < -0.3 is 20.3 Å². The Bertz CT molecular complexity index is 1340. The minimum atomic E-state index is -0.662. The topological polar surface area (TPSA) is 95.9 Å². The molecule has 0 aliphatic heterocycles. The molecule has 0 saturated carbocycles. The molecule has 0 heterocycles. The highest BCUT2D eigenvalue weighted by molar-refractivity contribution is 5.76. The van der Waals surface area contributed by atoms with Gasteiger partial charge in [-0.25, -0.2) is 0 Å². The Morgan fingerprint density at radius 1 is 0.337 bits per heavy atom. The number of amides is 1. The summed E-state index contributed by atoms with van der Waals surface area (Å²) in [5.41, 5.74) is 0. The van der Waals surface area contributed by atoms with Crippen LogP contribution in [-0.2, 0) is 14.3 Å². The molecule has 2 atom stereocenters. The first kappa shape index (κ1) is 81.1. The average molecular weight is 1170 g/mol. The molecule has 6 heteroatoms. The minimum absolute atomic E-state index is 0.00595. The van der Waals surface area contributed by atoms with Crippen LogP contribution in [0.4, 0.5) is 0 Å². The average Bonchev–Trinajstić information content (AvgIpc) is 3.49. The van der Waals surface area contributed by atoms with E-state index in [0.717, 1.165) is 51.4 Å². The first-order valence-corrected chi connectivity index (χ1v) is 37.7. The number of ether oxygens (including phenoxy) is 1. The fourth-order valence-electron chi connectivity index (χ4n) is 11.9. The minimum Gasteiger partial charge on any atom is -0.466 e. The van der Waals surface area contributed by atoms with Crippen LogP contribution in [0.25, 0.3) is 0 Å². The summed E-state index contributed by atoms with van der Waals surface area (Å²) < 4.78 is 5.49. The molecule has 83 heavy (non-hydrogen) atoms. The zero-order valence-corrected chi connectivity index (χ0v) is 56.2. The fraction of sp³-hybridized carbons (Fsp3) is 0.896. The Balaban J connectivity index is 3.34. The Morgan fingerprint density at radius 2 is 0.614 bits per heavy atom. The predicted molar refractivity (Wildman–Crippen MR) is 366 cm³/mol. The molecular weight excluding hydrogens is 1020 g/mol. The van der Waals surface area contributed by atoms with Crippen LogP contribution in [0.3, 0.4) is 0 Å². The van der Waals surface area contributed by atoms with Crippen LogP contribution < -0.4 is 5.32 Å². The lowest BCUT2D eigenvalue weighted by Crippen LogP contribution is -2.45. The summed E-state index contributed by atoms with van der Waals surface area (Å²) in [5, 5.41) is 23.4. The molecule has 0 aliphatic carbocycles. The normalized spacial score (nSPS) is 12.7. The van der Waals surface area contributed by atoms with Crippen LogP contribution in [0.1, 0.15) is 418 Å². The molecule has 3 N–H and O–H groups in total. The van der Waals surface area contributed by atoms with E-state index in [1.54, 1.807) is 0 Å². The highest BCUT2D eigenvalue weighted by Gasteiger charge is 2.20. The van der Waals surface area contributed by atoms with Crippen LogP contribution in [0.15, 0.2) is 36.5 Å². The van der Waals surface area contributed by atoms with Crippen LogP contribution in [0.2, 0.25) is 0 Å². The van der Waals surface area contributed by atoms with Gasteiger partial charge in [0.15, 0.2) is 0 Å². The van der Waals surface area contributed by atoms with E-state index in [9.17, 15) is 19.8 Å². The first-order valence-electron chi connectivity index (χ1n) is 37.7. The molecule has 0 fully saturated rings. The lowest BCUT2D eigenvalue weighted by atomic mass is 10.0. The summed E-state index contributed by atoms with van der Waals surface area (Å²) in [6.45, 7) is 4.94. The lowest BCUT2D eigenvalue weighted by molar-refractivity contribution is -0.143. The number of hydrogen-bond acceptors (Lipinski definition) is 5. The summed E-state index contributed by atoms with van der Waals surface area (Å²) >= 11 is 0. The van der Waals surface area contributed by atoms with Crippen molar-refractivity contribution in [2.24, 2.45) is 0 Å². The lowest BCUT2D eigenvalue weighted by Gasteiger charge is -2.22. The molecule has 2 unspecified atom stereocenters. The molecule has 0 saturated heterocycles. The van der Waals surface area contributed by atoms with Crippen LogP contribution in [-0.4, -0.2) is 47.4 Å². The van der Waals surface area contributed by atoms with E-state index in [1.165, 1.54) is 334 Å². The molecular formula is C77H147NO5. The second-order valence-electron chi connectivity index (χ2n) is 26.0. The Kier molecular flexibility index (Phi) is 70.9. The maximum Gasteiger partial charge on any atom is 0.305 e. The monoisotopic (exact) mass is 1170 g/mol. The molecule has 0 aliphatic rings. The van der Waals surface area contributed by atoms with E-state index in [1.807, 2.05) is 0 Å². The van der Waals surface area contributed by atoms with E-state index < -0.39 is 12.1 Å². The van der Waals surface area contributed by atoms with Crippen molar-refractivity contribution in [2.45, 2.75) is 431 Å². The summed E-state index contributed by atoms with van der Waals surface area (Å²) in [6.07, 6.45) is 93.7. The van der Waals surface area contributed by atoms with Gasteiger partial charge in [-0.2, -0.15) is 0 Å². The molecule has 0 aromatic rings. The molecule has 0 bridgehead atoms. The highest BCUT2D eigenvalue weighted by Crippen LogP contribution is 2.19. The van der Waals surface area contributed by atoms with Crippen molar-refractivity contribution in [3.63, 3.8) is 0 Å². The Morgan fingerprint density at radius 3 is 0.964 bits per heavy atom. The van der Waals surface area contributed by atoms with Gasteiger partial charge in [-0.05, 0) is 77.0 Å². The number of aliphatic hydroxyl groups is 2. The summed E-state index contributed by atoms with van der Waals surface area (Å²) in [7, 11) is 0. The second-order valence-corrected chi connectivity index (χ2v) is 26.0. The Labute approximate surface area is 519 Å². The van der Waals surface area contributed by atoms with Crippen molar-refractivity contribution in [1.29, 1.82) is 0 Å². The molecule has 6 nitrogen and oxygen atoms in total. The molecule has 0 radical (unpaired) electrons. The van der Waals surface area contributed by atoms with E-state index >= 15 is 0 Å². The van der Waals surface area contributed by atoms with Gasteiger partial charge in [0.25, 0.3) is 0 Å². The summed E-state index contributed by atoms with van der Waals surface area (Å²) in [4.78, 5) is 24.6. The van der Waals surface area contributed by atoms with Crippen molar-refractivity contribution in [1.82, 2.24) is 5.32 Å². The van der Waals surface area contributed by atoms with E-state index in [4.69, 9.17) is 4.74 Å².